The van der Waals surface area contributed by atoms with Crippen LogP contribution in [0.2, 0.25) is 0 Å². The summed E-state index contributed by atoms with van der Waals surface area (Å²) in [6.07, 6.45) is 4.76. The lowest BCUT2D eigenvalue weighted by molar-refractivity contribution is 0.830. The summed E-state index contributed by atoms with van der Waals surface area (Å²) in [5.41, 5.74) is 6.49. The smallest absolute Gasteiger partial charge is 0.345 e. The first-order chi connectivity index (χ1) is 9.72. The average Bonchev–Trinajstić information content (AvgIpc) is 2.68. The second-order valence-electron chi connectivity index (χ2n) is 5.47. The summed E-state index contributed by atoms with van der Waals surface area (Å²) in [7, 11) is 0. The molecule has 3 aromatic rings. The van der Waals surface area contributed by atoms with Gasteiger partial charge in [-0.25, -0.2) is 9.78 Å². The van der Waals surface area contributed by atoms with Gasteiger partial charge in [-0.1, -0.05) is 11.6 Å². The highest BCUT2D eigenvalue weighted by atomic mass is 16.1. The molecule has 0 fully saturated rings. The van der Waals surface area contributed by atoms with Crippen LogP contribution in [0.1, 0.15) is 23.1 Å². The summed E-state index contributed by atoms with van der Waals surface area (Å²) in [6.45, 7) is 2.11. The van der Waals surface area contributed by atoms with Gasteiger partial charge in [0, 0.05) is 17.1 Å². The second-order valence-corrected chi connectivity index (χ2v) is 5.47. The van der Waals surface area contributed by atoms with E-state index in [1.165, 1.54) is 16.5 Å². The van der Waals surface area contributed by atoms with E-state index >= 15 is 0 Å². The zero-order chi connectivity index (χ0) is 13.7. The molecular weight excluding hydrogens is 250 g/mol. The van der Waals surface area contributed by atoms with E-state index in [0.717, 1.165) is 41.7 Å². The lowest BCUT2D eigenvalue weighted by atomic mass is 10.0. The van der Waals surface area contributed by atoms with Crippen molar-refractivity contribution in [2.45, 2.75) is 26.2 Å². The van der Waals surface area contributed by atoms with E-state index in [-0.39, 0.29) is 5.69 Å². The second kappa shape index (κ2) is 4.07. The minimum absolute atomic E-state index is 0.286. The minimum atomic E-state index is -0.286. The topological polar surface area (TPSA) is 61.5 Å². The minimum Gasteiger partial charge on any atom is -0.353 e. The first-order valence-corrected chi connectivity index (χ1v) is 6.92. The number of hydrogen-bond donors (Lipinski definition) is 2. The van der Waals surface area contributed by atoms with E-state index in [1.54, 1.807) is 6.20 Å². The Balaban J connectivity index is 2.09. The Bertz CT molecular complexity index is 873. The van der Waals surface area contributed by atoms with Gasteiger partial charge < -0.3 is 9.97 Å². The van der Waals surface area contributed by atoms with E-state index in [9.17, 15) is 4.79 Å². The Morgan fingerprint density at radius 1 is 1.15 bits per heavy atom. The van der Waals surface area contributed by atoms with E-state index in [4.69, 9.17) is 0 Å². The molecule has 0 saturated heterocycles. The van der Waals surface area contributed by atoms with Crippen molar-refractivity contribution in [2.75, 3.05) is 0 Å². The van der Waals surface area contributed by atoms with Crippen LogP contribution in [0.15, 0.2) is 29.2 Å². The number of aromatic amines is 2. The molecule has 1 aliphatic carbocycles. The number of rotatable bonds is 0. The molecule has 100 valence electrons. The third kappa shape index (κ3) is 1.61. The lowest BCUT2D eigenvalue weighted by Gasteiger charge is -2.03. The Hall–Kier alpha value is -2.36. The standard InChI is InChI=1S/C16H15N3O/c1-9-5-6-13-12(7-9)11-4-2-3-10-8-17-16(20)19-14(10)15(11)18-13/h5-8,18H,2-4H2,1H3,(H,17,19,20). The van der Waals surface area contributed by atoms with Gasteiger partial charge in [0.1, 0.15) is 0 Å². The van der Waals surface area contributed by atoms with Gasteiger partial charge in [-0.3, -0.25) is 0 Å². The van der Waals surface area contributed by atoms with Gasteiger partial charge in [-0.15, -0.1) is 0 Å². The van der Waals surface area contributed by atoms with Crippen molar-refractivity contribution in [3.05, 3.63) is 51.6 Å². The zero-order valence-electron chi connectivity index (χ0n) is 11.3. The number of aromatic nitrogens is 3. The van der Waals surface area contributed by atoms with Crippen LogP contribution in [-0.4, -0.2) is 15.0 Å². The van der Waals surface area contributed by atoms with Crippen molar-refractivity contribution in [3.8, 4) is 11.4 Å². The molecule has 2 heterocycles. The van der Waals surface area contributed by atoms with E-state index in [2.05, 4.69) is 40.1 Å². The molecule has 4 rings (SSSR count). The number of benzene rings is 1. The molecule has 1 aromatic carbocycles. The number of nitrogens with one attached hydrogen (secondary N) is 2. The van der Waals surface area contributed by atoms with Gasteiger partial charge in [0.2, 0.25) is 0 Å². The molecule has 0 atom stereocenters. The highest BCUT2D eigenvalue weighted by Gasteiger charge is 2.20. The van der Waals surface area contributed by atoms with E-state index in [0.29, 0.717) is 0 Å². The third-order valence-electron chi connectivity index (χ3n) is 4.08. The van der Waals surface area contributed by atoms with E-state index < -0.39 is 0 Å². The Kier molecular flexibility index (Phi) is 2.33. The van der Waals surface area contributed by atoms with Gasteiger partial charge >= 0.3 is 5.69 Å². The molecule has 0 unspecified atom stereocenters. The van der Waals surface area contributed by atoms with Crippen LogP contribution < -0.4 is 5.69 Å². The SMILES string of the molecule is Cc1ccc2[nH]c3c(c2c1)CCCc1cnc(=O)[nH]c1-3. The number of H-pyrrole nitrogens is 2. The monoisotopic (exact) mass is 265 g/mol. The summed E-state index contributed by atoms with van der Waals surface area (Å²) in [4.78, 5) is 21.8. The number of fused-ring (bicyclic) bond motifs is 5. The highest BCUT2D eigenvalue weighted by Crippen LogP contribution is 2.34. The molecular formula is C16H15N3O. The normalized spacial score (nSPS) is 13.8. The molecule has 20 heavy (non-hydrogen) atoms. The van der Waals surface area contributed by atoms with Gasteiger partial charge in [-0.2, -0.15) is 0 Å². The first-order valence-electron chi connectivity index (χ1n) is 6.92. The van der Waals surface area contributed by atoms with Crippen molar-refractivity contribution < 1.29 is 0 Å². The quantitative estimate of drug-likeness (QED) is 0.656. The van der Waals surface area contributed by atoms with Crippen molar-refractivity contribution in [3.63, 3.8) is 0 Å². The Labute approximate surface area is 115 Å². The molecule has 0 saturated carbocycles. The summed E-state index contributed by atoms with van der Waals surface area (Å²) in [5, 5.41) is 1.27. The predicted octanol–water partition coefficient (Wildman–Crippen LogP) is 2.72. The molecule has 0 aliphatic heterocycles. The van der Waals surface area contributed by atoms with Crippen LogP contribution in [0.4, 0.5) is 0 Å². The van der Waals surface area contributed by atoms with Crippen LogP contribution in [0.5, 0.6) is 0 Å². The predicted molar refractivity (Wildman–Crippen MR) is 78.9 cm³/mol. The number of aryl methyl sites for hydroxylation is 3. The molecule has 2 N–H and O–H groups in total. The number of hydrogen-bond acceptors (Lipinski definition) is 2. The molecule has 1 aliphatic rings. The van der Waals surface area contributed by atoms with Crippen molar-refractivity contribution in [1.29, 1.82) is 0 Å². The molecule has 0 bridgehead atoms. The highest BCUT2D eigenvalue weighted by molar-refractivity contribution is 5.91. The van der Waals surface area contributed by atoms with E-state index in [1.807, 2.05) is 0 Å². The largest absolute Gasteiger partial charge is 0.353 e. The zero-order valence-corrected chi connectivity index (χ0v) is 11.3. The molecule has 2 aromatic heterocycles. The Morgan fingerprint density at radius 2 is 2.05 bits per heavy atom. The molecule has 0 amide bonds. The first kappa shape index (κ1) is 11.5. The summed E-state index contributed by atoms with van der Waals surface area (Å²) in [5.74, 6) is 0. The lowest BCUT2D eigenvalue weighted by Crippen LogP contribution is -2.12. The van der Waals surface area contributed by atoms with Crippen LogP contribution in [0.3, 0.4) is 0 Å². The maximum absolute atomic E-state index is 11.6. The maximum atomic E-state index is 11.6. The van der Waals surface area contributed by atoms with Gasteiger partial charge in [-0.05, 0) is 49.4 Å². The fourth-order valence-corrected chi connectivity index (χ4v) is 3.12. The van der Waals surface area contributed by atoms with Crippen molar-refractivity contribution >= 4 is 10.9 Å². The molecule has 4 nitrogen and oxygen atoms in total. The molecule has 4 heteroatoms. The Morgan fingerprint density at radius 3 is 2.95 bits per heavy atom. The number of nitrogens with zero attached hydrogens (tertiary/aromatic N) is 1. The molecule has 0 radical (unpaired) electrons. The summed E-state index contributed by atoms with van der Waals surface area (Å²) in [6, 6.07) is 6.43. The third-order valence-corrected chi connectivity index (χ3v) is 4.08. The van der Waals surface area contributed by atoms with Crippen molar-refractivity contribution in [2.24, 2.45) is 0 Å². The maximum Gasteiger partial charge on any atom is 0.345 e. The summed E-state index contributed by atoms with van der Waals surface area (Å²) < 4.78 is 0. The van der Waals surface area contributed by atoms with Crippen molar-refractivity contribution in [1.82, 2.24) is 15.0 Å². The molecule has 0 spiro atoms. The van der Waals surface area contributed by atoms with Crippen LogP contribution in [0.25, 0.3) is 22.3 Å². The van der Waals surface area contributed by atoms with Gasteiger partial charge in [0.25, 0.3) is 0 Å². The van der Waals surface area contributed by atoms with Gasteiger partial charge in [0.15, 0.2) is 0 Å². The van der Waals surface area contributed by atoms with Crippen LogP contribution >= 0.6 is 0 Å². The van der Waals surface area contributed by atoms with Gasteiger partial charge in [0.05, 0.1) is 11.4 Å². The summed E-state index contributed by atoms with van der Waals surface area (Å²) >= 11 is 0. The van der Waals surface area contributed by atoms with Crippen LogP contribution in [-0.2, 0) is 12.8 Å². The average molecular weight is 265 g/mol. The van der Waals surface area contributed by atoms with Crippen LogP contribution in [0, 0.1) is 6.92 Å². The fraction of sp³-hybridized carbons (Fsp3) is 0.250. The fourth-order valence-electron chi connectivity index (χ4n) is 3.12.